The third-order valence-electron chi connectivity index (χ3n) is 4.92. The van der Waals surface area contributed by atoms with E-state index in [9.17, 15) is 0 Å². The Labute approximate surface area is 163 Å². The molecule has 0 radical (unpaired) electrons. The first-order chi connectivity index (χ1) is 13.5. The fourth-order valence-electron chi connectivity index (χ4n) is 3.44. The molecular weight excluding hydrogens is 352 g/mol. The fraction of sp³-hybridized carbons (Fsp3) is 0.300. The Hall–Kier alpha value is -3.42. The average molecular weight is 376 g/mol. The number of hydrogen-bond donors (Lipinski definition) is 3. The van der Waals surface area contributed by atoms with Crippen LogP contribution in [-0.4, -0.2) is 43.8 Å². The summed E-state index contributed by atoms with van der Waals surface area (Å²) in [5.74, 6) is 2.26. The Morgan fingerprint density at radius 3 is 2.64 bits per heavy atom. The molecule has 8 nitrogen and oxygen atoms in total. The van der Waals surface area contributed by atoms with Crippen LogP contribution < -0.4 is 10.6 Å². The first kappa shape index (κ1) is 18.0. The van der Waals surface area contributed by atoms with Crippen LogP contribution in [-0.2, 0) is 5.66 Å². The van der Waals surface area contributed by atoms with Gasteiger partial charge >= 0.3 is 0 Å². The highest BCUT2D eigenvalue weighted by Gasteiger charge is 2.36. The average Bonchev–Trinajstić information content (AvgIpc) is 3.15. The molecule has 0 aromatic carbocycles. The van der Waals surface area contributed by atoms with Crippen molar-refractivity contribution in [2.24, 2.45) is 4.99 Å². The molecule has 0 saturated heterocycles. The van der Waals surface area contributed by atoms with Crippen LogP contribution in [0.1, 0.15) is 26.3 Å². The molecule has 1 aliphatic rings. The van der Waals surface area contributed by atoms with Crippen molar-refractivity contribution in [1.29, 1.82) is 0 Å². The molecule has 28 heavy (non-hydrogen) atoms. The van der Waals surface area contributed by atoms with Gasteiger partial charge in [0.25, 0.3) is 0 Å². The van der Waals surface area contributed by atoms with E-state index < -0.39 is 5.66 Å². The third-order valence-corrected chi connectivity index (χ3v) is 4.92. The molecule has 0 amide bonds. The summed E-state index contributed by atoms with van der Waals surface area (Å²) in [5, 5.41) is 6.36. The predicted octanol–water partition coefficient (Wildman–Crippen LogP) is 3.32. The first-order valence-electron chi connectivity index (χ1n) is 9.26. The molecule has 3 N–H and O–H groups in total. The lowest BCUT2D eigenvalue weighted by atomic mass is 9.99. The van der Waals surface area contributed by atoms with Crippen LogP contribution in [0.3, 0.4) is 0 Å². The van der Waals surface area contributed by atoms with Crippen LogP contribution >= 0.6 is 0 Å². The highest BCUT2D eigenvalue weighted by atomic mass is 15.3. The van der Waals surface area contributed by atoms with Crippen LogP contribution in [0.25, 0.3) is 11.0 Å². The second kappa shape index (κ2) is 6.95. The topological polar surface area (TPSA) is 94.1 Å². The molecule has 1 aliphatic heterocycles. The lowest BCUT2D eigenvalue weighted by Gasteiger charge is -2.43. The van der Waals surface area contributed by atoms with Crippen LogP contribution in [0.4, 0.5) is 11.6 Å². The van der Waals surface area contributed by atoms with Crippen molar-refractivity contribution in [3.05, 3.63) is 54.8 Å². The van der Waals surface area contributed by atoms with Crippen LogP contribution in [0, 0.1) is 0 Å². The molecule has 0 aliphatic carbocycles. The maximum Gasteiger partial charge on any atom is 0.158 e. The minimum Gasteiger partial charge on any atom is -0.373 e. The van der Waals surface area contributed by atoms with Gasteiger partial charge in [0, 0.05) is 37.1 Å². The molecule has 4 heterocycles. The number of H-pyrrole nitrogens is 1. The van der Waals surface area contributed by atoms with Crippen LogP contribution in [0.5, 0.6) is 0 Å². The van der Waals surface area contributed by atoms with Gasteiger partial charge in [-0.05, 0) is 39.0 Å². The number of nitrogens with zero attached hydrogens (tertiary/aromatic N) is 5. The van der Waals surface area contributed by atoms with E-state index in [0.717, 1.165) is 28.3 Å². The summed E-state index contributed by atoms with van der Waals surface area (Å²) in [6, 6.07) is 6.20. The minimum atomic E-state index is -0.582. The second-order valence-corrected chi connectivity index (χ2v) is 7.13. The van der Waals surface area contributed by atoms with Crippen molar-refractivity contribution in [2.75, 3.05) is 17.7 Å². The number of anilines is 2. The lowest BCUT2D eigenvalue weighted by molar-refractivity contribution is 0.133. The van der Waals surface area contributed by atoms with Gasteiger partial charge in [-0.15, -0.1) is 0 Å². The van der Waals surface area contributed by atoms with Crippen molar-refractivity contribution < 1.29 is 0 Å². The standard InChI is InChI=1S/C20H24N8/c1-13(2)28-8-7-18(26-19-9-15-16(11-23-19)25-12-24-15)27-20(28,3)14-5-6-17(21-4)22-10-14/h5-13H,1-4H3,(H,21,22)(H,24,25)(H,23,26,27). The molecule has 0 fully saturated rings. The number of imidazole rings is 1. The molecule has 3 aromatic rings. The molecule has 1 atom stereocenters. The van der Waals surface area contributed by atoms with E-state index in [0.29, 0.717) is 5.82 Å². The Kier molecular flexibility index (Phi) is 4.46. The number of aromatic nitrogens is 4. The van der Waals surface area contributed by atoms with Crippen molar-refractivity contribution in [1.82, 2.24) is 24.8 Å². The molecule has 4 rings (SSSR count). The van der Waals surface area contributed by atoms with E-state index in [1.54, 1.807) is 12.5 Å². The Morgan fingerprint density at radius 2 is 1.93 bits per heavy atom. The second-order valence-electron chi connectivity index (χ2n) is 7.13. The zero-order valence-corrected chi connectivity index (χ0v) is 16.4. The zero-order chi connectivity index (χ0) is 19.7. The largest absolute Gasteiger partial charge is 0.373 e. The van der Waals surface area contributed by atoms with Gasteiger partial charge < -0.3 is 20.5 Å². The fourth-order valence-corrected chi connectivity index (χ4v) is 3.44. The van der Waals surface area contributed by atoms with Gasteiger partial charge in [0.05, 0.1) is 23.6 Å². The van der Waals surface area contributed by atoms with Gasteiger partial charge in [-0.2, -0.15) is 0 Å². The van der Waals surface area contributed by atoms with Gasteiger partial charge in [0.2, 0.25) is 0 Å². The van der Waals surface area contributed by atoms with E-state index in [1.807, 2.05) is 31.5 Å². The maximum absolute atomic E-state index is 5.02. The summed E-state index contributed by atoms with van der Waals surface area (Å²) in [4.78, 5) is 23.5. The van der Waals surface area contributed by atoms with Crippen molar-refractivity contribution in [3.63, 3.8) is 0 Å². The van der Waals surface area contributed by atoms with E-state index in [4.69, 9.17) is 4.99 Å². The quantitative estimate of drug-likeness (QED) is 0.647. The smallest absolute Gasteiger partial charge is 0.158 e. The number of fused-ring (bicyclic) bond motifs is 1. The summed E-state index contributed by atoms with van der Waals surface area (Å²) in [6.45, 7) is 6.40. The van der Waals surface area contributed by atoms with Crippen molar-refractivity contribution in [2.45, 2.75) is 32.5 Å². The highest BCUT2D eigenvalue weighted by Crippen LogP contribution is 2.34. The van der Waals surface area contributed by atoms with Gasteiger partial charge in [0.1, 0.15) is 17.5 Å². The Morgan fingerprint density at radius 1 is 1.11 bits per heavy atom. The number of nitrogens with one attached hydrogen (secondary N) is 3. The van der Waals surface area contributed by atoms with Crippen molar-refractivity contribution in [3.8, 4) is 0 Å². The Balaban J connectivity index is 1.69. The molecule has 0 spiro atoms. The van der Waals surface area contributed by atoms with E-state index in [-0.39, 0.29) is 6.04 Å². The van der Waals surface area contributed by atoms with Gasteiger partial charge in [-0.3, -0.25) is 0 Å². The molecule has 8 heteroatoms. The van der Waals surface area contributed by atoms with Gasteiger partial charge in [-0.25, -0.2) is 19.9 Å². The zero-order valence-electron chi connectivity index (χ0n) is 16.4. The summed E-state index contributed by atoms with van der Waals surface area (Å²) in [5.41, 5.74) is 2.19. The van der Waals surface area contributed by atoms with E-state index in [1.165, 1.54) is 0 Å². The monoisotopic (exact) mass is 376 g/mol. The maximum atomic E-state index is 5.02. The van der Waals surface area contributed by atoms with Crippen LogP contribution in [0.2, 0.25) is 0 Å². The number of hydrogen-bond acceptors (Lipinski definition) is 7. The third kappa shape index (κ3) is 3.17. The predicted molar refractivity (Wildman–Crippen MR) is 112 cm³/mol. The SMILES string of the molecule is CNc1ccc(C2(C)N=C(Nc3cc4nc[nH]c4cn3)C=CN2C(C)C)cn1. The molecule has 1 unspecified atom stereocenters. The molecule has 0 saturated carbocycles. The first-order valence-corrected chi connectivity index (χ1v) is 9.26. The van der Waals surface area contributed by atoms with E-state index >= 15 is 0 Å². The number of aromatic amines is 1. The van der Waals surface area contributed by atoms with E-state index in [2.05, 4.69) is 68.5 Å². The minimum absolute atomic E-state index is 0.272. The normalized spacial score (nSPS) is 19.2. The van der Waals surface area contributed by atoms with Crippen LogP contribution in [0.15, 0.2) is 54.2 Å². The molecule has 3 aromatic heterocycles. The summed E-state index contributed by atoms with van der Waals surface area (Å²) in [7, 11) is 1.86. The molecular formula is C20H24N8. The summed E-state index contributed by atoms with van der Waals surface area (Å²) in [6.07, 6.45) is 9.33. The van der Waals surface area contributed by atoms with Gasteiger partial charge in [-0.1, -0.05) is 0 Å². The number of amidine groups is 1. The molecule has 144 valence electrons. The molecule has 0 bridgehead atoms. The lowest BCUT2D eigenvalue weighted by Crippen LogP contribution is -2.46. The summed E-state index contributed by atoms with van der Waals surface area (Å²) >= 11 is 0. The number of pyridine rings is 2. The van der Waals surface area contributed by atoms with Crippen molar-refractivity contribution >= 4 is 28.5 Å². The number of rotatable bonds is 4. The number of aliphatic imine (C=N–C) groups is 1. The van der Waals surface area contributed by atoms with Gasteiger partial charge in [0.15, 0.2) is 5.66 Å². The highest BCUT2D eigenvalue weighted by molar-refractivity contribution is 6.04. The summed E-state index contributed by atoms with van der Waals surface area (Å²) < 4.78 is 0. The Bertz CT molecular complexity index is 1030.